The van der Waals surface area contributed by atoms with Crippen molar-refractivity contribution in [3.05, 3.63) is 71.1 Å². The van der Waals surface area contributed by atoms with E-state index in [1.807, 2.05) is 6.07 Å². The molecule has 3 aromatic rings. The van der Waals surface area contributed by atoms with Crippen molar-refractivity contribution in [1.82, 2.24) is 20.2 Å². The van der Waals surface area contributed by atoms with Crippen molar-refractivity contribution in [3.8, 4) is 6.07 Å². The molecule has 0 bridgehead atoms. The summed E-state index contributed by atoms with van der Waals surface area (Å²) in [5.41, 5.74) is 1.38. The van der Waals surface area contributed by atoms with Crippen LogP contribution >= 0.6 is 0 Å². The minimum Gasteiger partial charge on any atom is -0.288 e. The molecule has 3 rings (SSSR count). The molecule has 0 aliphatic carbocycles. The third-order valence-corrected chi connectivity index (χ3v) is 3.17. The minimum absolute atomic E-state index is 0.114. The van der Waals surface area contributed by atoms with Crippen LogP contribution in [0.1, 0.15) is 27.4 Å². The van der Waals surface area contributed by atoms with Gasteiger partial charge in [0.25, 0.3) is 5.91 Å². The van der Waals surface area contributed by atoms with Crippen molar-refractivity contribution in [3.63, 3.8) is 0 Å². The van der Waals surface area contributed by atoms with Crippen LogP contribution in [0.4, 0.5) is 10.3 Å². The second-order valence-corrected chi connectivity index (χ2v) is 4.91. The van der Waals surface area contributed by atoms with Crippen molar-refractivity contribution in [1.29, 1.82) is 5.26 Å². The Labute approximate surface area is 136 Å². The van der Waals surface area contributed by atoms with E-state index in [2.05, 4.69) is 25.5 Å². The lowest BCUT2D eigenvalue weighted by Crippen LogP contribution is -2.14. The van der Waals surface area contributed by atoms with Crippen LogP contribution in [0.15, 0.2) is 42.6 Å². The number of carbonyl (C=O) groups excluding carboxylic acids is 1. The van der Waals surface area contributed by atoms with Gasteiger partial charge < -0.3 is 0 Å². The number of H-pyrrole nitrogens is 1. The average Bonchev–Trinajstić information content (AvgIpc) is 3.04. The molecule has 0 aliphatic heterocycles. The quantitative estimate of drug-likeness (QED) is 0.764. The minimum atomic E-state index is -0.480. The smallest absolute Gasteiger partial charge is 0.276 e. The maximum atomic E-state index is 12.9. The number of anilines is 1. The second-order valence-electron chi connectivity index (χ2n) is 4.91. The highest BCUT2D eigenvalue weighted by Gasteiger charge is 2.11. The molecule has 0 aliphatic rings. The normalized spacial score (nSPS) is 10.2. The van der Waals surface area contributed by atoms with Crippen molar-refractivity contribution in [2.24, 2.45) is 0 Å². The Morgan fingerprint density at radius 3 is 2.71 bits per heavy atom. The first-order valence-electron chi connectivity index (χ1n) is 6.97. The van der Waals surface area contributed by atoms with Crippen LogP contribution in [0.3, 0.4) is 0 Å². The Balaban J connectivity index is 1.65. The molecule has 0 unspecified atom stereocenters. The van der Waals surface area contributed by atoms with Crippen molar-refractivity contribution in [2.45, 2.75) is 6.42 Å². The van der Waals surface area contributed by atoms with Gasteiger partial charge in [0, 0.05) is 12.6 Å². The van der Waals surface area contributed by atoms with Gasteiger partial charge in [-0.15, -0.1) is 5.10 Å². The van der Waals surface area contributed by atoms with E-state index in [1.54, 1.807) is 12.1 Å². The first kappa shape index (κ1) is 15.3. The Bertz CT molecular complexity index is 896. The second kappa shape index (κ2) is 6.66. The highest BCUT2D eigenvalue weighted by molar-refractivity contribution is 6.01. The van der Waals surface area contributed by atoms with E-state index < -0.39 is 5.91 Å². The Morgan fingerprint density at radius 2 is 2.04 bits per heavy atom. The number of halogens is 1. The molecule has 2 N–H and O–H groups in total. The Kier molecular flexibility index (Phi) is 4.25. The molecule has 0 saturated heterocycles. The summed E-state index contributed by atoms with van der Waals surface area (Å²) in [5.74, 6) is -0.140. The number of pyridine rings is 1. The SMILES string of the molecule is N#Cc1ccc(C(=O)Nc2n[nH]c(Cc3ccc(F)cc3)n2)nc1. The van der Waals surface area contributed by atoms with E-state index in [9.17, 15) is 9.18 Å². The van der Waals surface area contributed by atoms with Crippen LogP contribution in [0.2, 0.25) is 0 Å². The van der Waals surface area contributed by atoms with E-state index in [1.165, 1.54) is 30.5 Å². The molecule has 2 heterocycles. The molecule has 7 nitrogen and oxygen atoms in total. The predicted octanol–water partition coefficient (Wildman–Crippen LogP) is 2.05. The number of hydrogen-bond donors (Lipinski definition) is 2. The number of nitrogens with zero attached hydrogens (tertiary/aromatic N) is 4. The topological polar surface area (TPSA) is 107 Å². The molecule has 0 fully saturated rings. The van der Waals surface area contributed by atoms with Crippen LogP contribution in [0, 0.1) is 17.1 Å². The van der Waals surface area contributed by atoms with Crippen molar-refractivity contribution >= 4 is 11.9 Å². The van der Waals surface area contributed by atoms with Gasteiger partial charge >= 0.3 is 0 Å². The van der Waals surface area contributed by atoms with Crippen LogP contribution in [-0.4, -0.2) is 26.1 Å². The van der Waals surface area contributed by atoms with Gasteiger partial charge in [-0.25, -0.2) is 9.37 Å². The fourth-order valence-electron chi connectivity index (χ4n) is 1.99. The summed E-state index contributed by atoms with van der Waals surface area (Å²) in [6.45, 7) is 0. The van der Waals surface area contributed by atoms with E-state index >= 15 is 0 Å². The van der Waals surface area contributed by atoms with Gasteiger partial charge in [-0.3, -0.25) is 15.2 Å². The van der Waals surface area contributed by atoms with Crippen LogP contribution in [-0.2, 0) is 6.42 Å². The third kappa shape index (κ3) is 3.59. The summed E-state index contributed by atoms with van der Waals surface area (Å²) in [7, 11) is 0. The fourth-order valence-corrected chi connectivity index (χ4v) is 1.99. The summed E-state index contributed by atoms with van der Waals surface area (Å²) in [4.78, 5) is 20.1. The number of carbonyl (C=O) groups is 1. The number of amides is 1. The largest absolute Gasteiger partial charge is 0.288 e. The molecule has 0 spiro atoms. The van der Waals surface area contributed by atoms with Gasteiger partial charge in [0.05, 0.1) is 5.56 Å². The standard InChI is InChI=1S/C16H11FN6O/c17-12-4-1-10(2-5-12)7-14-20-16(23-22-14)21-15(24)13-6-3-11(8-18)9-19-13/h1-6,9H,7H2,(H2,20,21,22,23,24). The zero-order chi connectivity index (χ0) is 16.9. The molecule has 8 heteroatoms. The first-order valence-corrected chi connectivity index (χ1v) is 6.97. The fraction of sp³-hybridized carbons (Fsp3) is 0.0625. The van der Waals surface area contributed by atoms with Crippen LogP contribution < -0.4 is 5.32 Å². The summed E-state index contributed by atoms with van der Waals surface area (Å²) in [6.07, 6.45) is 1.74. The number of nitrogens with one attached hydrogen (secondary N) is 2. The molecular formula is C16H11FN6O. The highest BCUT2D eigenvalue weighted by Crippen LogP contribution is 2.09. The number of aromatic amines is 1. The first-order chi connectivity index (χ1) is 11.6. The lowest BCUT2D eigenvalue weighted by molar-refractivity contribution is 0.102. The summed E-state index contributed by atoms with van der Waals surface area (Å²) in [5, 5.41) is 17.8. The van der Waals surface area contributed by atoms with Crippen LogP contribution in [0.5, 0.6) is 0 Å². The Hall–Kier alpha value is -3.60. The summed E-state index contributed by atoms with van der Waals surface area (Å²) in [6, 6.07) is 10.9. The van der Waals surface area contributed by atoms with Gasteiger partial charge in [-0.1, -0.05) is 12.1 Å². The number of hydrogen-bond acceptors (Lipinski definition) is 5. The van der Waals surface area contributed by atoms with Gasteiger partial charge in [0.1, 0.15) is 23.4 Å². The van der Waals surface area contributed by atoms with Crippen LogP contribution in [0.25, 0.3) is 0 Å². The molecule has 24 heavy (non-hydrogen) atoms. The van der Waals surface area contributed by atoms with Gasteiger partial charge in [-0.05, 0) is 29.8 Å². The van der Waals surface area contributed by atoms with E-state index in [-0.39, 0.29) is 17.5 Å². The maximum Gasteiger partial charge on any atom is 0.276 e. The monoisotopic (exact) mass is 322 g/mol. The van der Waals surface area contributed by atoms with E-state index in [0.29, 0.717) is 17.8 Å². The molecule has 118 valence electrons. The maximum absolute atomic E-state index is 12.9. The summed E-state index contributed by atoms with van der Waals surface area (Å²) < 4.78 is 12.9. The Morgan fingerprint density at radius 1 is 1.25 bits per heavy atom. The summed E-state index contributed by atoms with van der Waals surface area (Å²) >= 11 is 0. The van der Waals surface area contributed by atoms with E-state index in [0.717, 1.165) is 5.56 Å². The zero-order valence-electron chi connectivity index (χ0n) is 12.3. The van der Waals surface area contributed by atoms with Gasteiger partial charge in [0.2, 0.25) is 5.95 Å². The van der Waals surface area contributed by atoms with Gasteiger partial charge in [-0.2, -0.15) is 10.2 Å². The molecule has 0 atom stereocenters. The lowest BCUT2D eigenvalue weighted by Gasteiger charge is -1.99. The molecular weight excluding hydrogens is 311 g/mol. The van der Waals surface area contributed by atoms with Gasteiger partial charge in [0.15, 0.2) is 0 Å². The molecule has 2 aromatic heterocycles. The number of aromatic nitrogens is 4. The molecule has 1 aromatic carbocycles. The van der Waals surface area contributed by atoms with Crippen molar-refractivity contribution in [2.75, 3.05) is 5.32 Å². The highest BCUT2D eigenvalue weighted by atomic mass is 19.1. The third-order valence-electron chi connectivity index (χ3n) is 3.17. The molecule has 0 radical (unpaired) electrons. The predicted molar refractivity (Wildman–Crippen MR) is 82.5 cm³/mol. The zero-order valence-corrected chi connectivity index (χ0v) is 12.3. The number of nitriles is 1. The average molecular weight is 322 g/mol. The number of benzene rings is 1. The number of rotatable bonds is 4. The lowest BCUT2D eigenvalue weighted by atomic mass is 10.1. The van der Waals surface area contributed by atoms with E-state index in [4.69, 9.17) is 5.26 Å². The van der Waals surface area contributed by atoms with Crippen molar-refractivity contribution < 1.29 is 9.18 Å². The molecule has 0 saturated carbocycles. The molecule has 1 amide bonds.